The number of hydrogen-bond acceptors (Lipinski definition) is 6. The van der Waals surface area contributed by atoms with Crippen molar-refractivity contribution in [1.29, 1.82) is 0 Å². The van der Waals surface area contributed by atoms with Crippen LogP contribution in [0.3, 0.4) is 0 Å². The normalized spacial score (nSPS) is 10.7. The summed E-state index contributed by atoms with van der Waals surface area (Å²) in [6.45, 7) is 0. The highest BCUT2D eigenvalue weighted by molar-refractivity contribution is 7.14. The average Bonchev–Trinajstić information content (AvgIpc) is 3.16. The summed E-state index contributed by atoms with van der Waals surface area (Å²) in [5.41, 5.74) is 3.64. The van der Waals surface area contributed by atoms with Gasteiger partial charge in [-0.1, -0.05) is 18.2 Å². The Bertz CT molecular complexity index is 1060. The van der Waals surface area contributed by atoms with Crippen molar-refractivity contribution in [2.75, 3.05) is 19.5 Å². The minimum Gasteiger partial charge on any atom is -0.497 e. The molecular formula is C20H17N3O2S. The first-order valence-corrected chi connectivity index (χ1v) is 8.95. The van der Waals surface area contributed by atoms with Crippen LogP contribution < -0.4 is 14.8 Å². The van der Waals surface area contributed by atoms with E-state index >= 15 is 0 Å². The molecule has 0 aliphatic heterocycles. The molecule has 0 unspecified atom stereocenters. The van der Waals surface area contributed by atoms with Gasteiger partial charge in [0.25, 0.3) is 0 Å². The number of nitrogens with one attached hydrogen (secondary N) is 1. The van der Waals surface area contributed by atoms with Gasteiger partial charge < -0.3 is 14.8 Å². The fraction of sp³-hybridized carbons (Fsp3) is 0.100. The van der Waals surface area contributed by atoms with Gasteiger partial charge in [0.2, 0.25) is 0 Å². The Labute approximate surface area is 155 Å². The molecule has 26 heavy (non-hydrogen) atoms. The fourth-order valence-electron chi connectivity index (χ4n) is 2.79. The van der Waals surface area contributed by atoms with Crippen LogP contribution in [0.5, 0.6) is 11.5 Å². The van der Waals surface area contributed by atoms with Crippen molar-refractivity contribution in [3.05, 3.63) is 60.1 Å². The van der Waals surface area contributed by atoms with E-state index in [4.69, 9.17) is 14.5 Å². The van der Waals surface area contributed by atoms with Crippen LogP contribution in [-0.4, -0.2) is 24.2 Å². The van der Waals surface area contributed by atoms with Crippen LogP contribution in [0.15, 0.2) is 60.1 Å². The molecule has 5 nitrogen and oxygen atoms in total. The number of nitrogens with zero attached hydrogens (tertiary/aromatic N) is 2. The number of ether oxygens (including phenoxy) is 2. The average molecular weight is 363 g/mol. The molecule has 1 N–H and O–H groups in total. The summed E-state index contributed by atoms with van der Waals surface area (Å²) >= 11 is 1.54. The number of rotatable bonds is 5. The highest BCUT2D eigenvalue weighted by Gasteiger charge is 2.12. The number of aromatic nitrogens is 2. The Hall–Kier alpha value is -3.12. The number of pyridine rings is 1. The van der Waals surface area contributed by atoms with Crippen LogP contribution in [-0.2, 0) is 0 Å². The molecule has 130 valence electrons. The summed E-state index contributed by atoms with van der Waals surface area (Å²) in [5.74, 6) is 1.48. The van der Waals surface area contributed by atoms with Crippen LogP contribution in [0.4, 0.5) is 10.8 Å². The lowest BCUT2D eigenvalue weighted by Gasteiger charge is -2.08. The van der Waals surface area contributed by atoms with E-state index < -0.39 is 0 Å². The second-order valence-corrected chi connectivity index (χ2v) is 6.47. The van der Waals surface area contributed by atoms with Crippen molar-refractivity contribution in [2.45, 2.75) is 0 Å². The Morgan fingerprint density at radius 1 is 1.00 bits per heavy atom. The van der Waals surface area contributed by atoms with Gasteiger partial charge in [0, 0.05) is 28.6 Å². The van der Waals surface area contributed by atoms with Crippen molar-refractivity contribution >= 4 is 33.1 Å². The standard InChI is InChI=1S/C20H17N3O2S/c1-24-14-8-9-15(18(11-14)25-2)17-12-26-20(23-17)22-16-7-3-5-13-6-4-10-21-19(13)16/h3-12H,1-2H3,(H,22,23). The van der Waals surface area contributed by atoms with Crippen molar-refractivity contribution in [2.24, 2.45) is 0 Å². The molecule has 2 heterocycles. The maximum absolute atomic E-state index is 5.48. The Morgan fingerprint density at radius 3 is 2.73 bits per heavy atom. The molecule has 4 rings (SSSR count). The molecule has 0 spiro atoms. The zero-order valence-corrected chi connectivity index (χ0v) is 15.2. The molecule has 4 aromatic rings. The zero-order chi connectivity index (χ0) is 17.9. The largest absolute Gasteiger partial charge is 0.497 e. The van der Waals surface area contributed by atoms with Crippen molar-refractivity contribution in [3.63, 3.8) is 0 Å². The summed E-state index contributed by atoms with van der Waals surface area (Å²) in [4.78, 5) is 9.17. The molecule has 0 atom stereocenters. The summed E-state index contributed by atoms with van der Waals surface area (Å²) in [5, 5.41) is 7.27. The van der Waals surface area contributed by atoms with Gasteiger partial charge in [0.1, 0.15) is 11.5 Å². The molecule has 0 saturated heterocycles. The predicted octanol–water partition coefficient (Wildman–Crippen LogP) is 5.12. The molecule has 0 fully saturated rings. The molecule has 2 aromatic heterocycles. The summed E-state index contributed by atoms with van der Waals surface area (Å²) in [6.07, 6.45) is 1.79. The minimum absolute atomic E-state index is 0.730. The van der Waals surface area contributed by atoms with Gasteiger partial charge in [-0.15, -0.1) is 11.3 Å². The van der Waals surface area contributed by atoms with Gasteiger partial charge in [0.05, 0.1) is 31.1 Å². The maximum atomic E-state index is 5.48. The van der Waals surface area contributed by atoms with E-state index in [-0.39, 0.29) is 0 Å². The first-order valence-electron chi connectivity index (χ1n) is 8.07. The van der Waals surface area contributed by atoms with Crippen molar-refractivity contribution in [1.82, 2.24) is 9.97 Å². The molecule has 0 amide bonds. The minimum atomic E-state index is 0.730. The number of para-hydroxylation sites is 1. The van der Waals surface area contributed by atoms with Crippen LogP contribution in [0, 0.1) is 0 Å². The first-order chi connectivity index (χ1) is 12.8. The summed E-state index contributed by atoms with van der Waals surface area (Å²) in [7, 11) is 3.28. The van der Waals surface area contributed by atoms with E-state index in [0.29, 0.717) is 0 Å². The lowest BCUT2D eigenvalue weighted by atomic mass is 10.1. The van der Waals surface area contributed by atoms with Gasteiger partial charge in [-0.25, -0.2) is 4.98 Å². The van der Waals surface area contributed by atoms with E-state index in [0.717, 1.165) is 44.5 Å². The molecule has 6 heteroatoms. The number of methoxy groups -OCH3 is 2. The number of thiazole rings is 1. The first kappa shape index (κ1) is 16.4. The summed E-state index contributed by atoms with van der Waals surface area (Å²) in [6, 6.07) is 15.7. The second kappa shape index (κ2) is 7.01. The van der Waals surface area contributed by atoms with Crippen LogP contribution in [0.2, 0.25) is 0 Å². The molecule has 2 aromatic carbocycles. The molecule has 0 saturated carbocycles. The van der Waals surface area contributed by atoms with Crippen LogP contribution >= 0.6 is 11.3 Å². The fourth-order valence-corrected chi connectivity index (χ4v) is 3.51. The third-order valence-corrected chi connectivity index (χ3v) is 4.82. The highest BCUT2D eigenvalue weighted by Crippen LogP contribution is 2.36. The van der Waals surface area contributed by atoms with Gasteiger partial charge in [0.15, 0.2) is 5.13 Å². The molecule has 0 radical (unpaired) electrons. The van der Waals surface area contributed by atoms with Gasteiger partial charge in [-0.3, -0.25) is 4.98 Å². The molecule has 0 bridgehead atoms. The number of benzene rings is 2. The lowest BCUT2D eigenvalue weighted by molar-refractivity contribution is 0.395. The Kier molecular flexibility index (Phi) is 4.41. The van der Waals surface area contributed by atoms with Gasteiger partial charge in [-0.05, 0) is 24.3 Å². The Balaban J connectivity index is 1.66. The lowest BCUT2D eigenvalue weighted by Crippen LogP contribution is -1.93. The Morgan fingerprint density at radius 2 is 1.88 bits per heavy atom. The summed E-state index contributed by atoms with van der Waals surface area (Å²) < 4.78 is 10.7. The van der Waals surface area contributed by atoms with E-state index in [1.807, 2.05) is 53.9 Å². The van der Waals surface area contributed by atoms with E-state index in [9.17, 15) is 0 Å². The smallest absolute Gasteiger partial charge is 0.187 e. The maximum Gasteiger partial charge on any atom is 0.187 e. The third-order valence-electron chi connectivity index (χ3n) is 4.06. The molecular weight excluding hydrogens is 346 g/mol. The van der Waals surface area contributed by atoms with Gasteiger partial charge >= 0.3 is 0 Å². The zero-order valence-electron chi connectivity index (χ0n) is 14.4. The van der Waals surface area contributed by atoms with Crippen molar-refractivity contribution in [3.8, 4) is 22.8 Å². The van der Waals surface area contributed by atoms with Crippen LogP contribution in [0.1, 0.15) is 0 Å². The van der Waals surface area contributed by atoms with Gasteiger partial charge in [-0.2, -0.15) is 0 Å². The molecule has 0 aliphatic rings. The monoisotopic (exact) mass is 363 g/mol. The third kappa shape index (κ3) is 3.07. The number of anilines is 2. The predicted molar refractivity (Wildman–Crippen MR) is 106 cm³/mol. The number of hydrogen-bond donors (Lipinski definition) is 1. The van der Waals surface area contributed by atoms with E-state index in [1.165, 1.54) is 0 Å². The SMILES string of the molecule is COc1ccc(-c2csc(Nc3cccc4cccnc34)n2)c(OC)c1. The quantitative estimate of drug-likeness (QED) is 0.533. The van der Waals surface area contributed by atoms with E-state index in [2.05, 4.69) is 10.3 Å². The van der Waals surface area contributed by atoms with Crippen LogP contribution in [0.25, 0.3) is 22.2 Å². The van der Waals surface area contributed by atoms with E-state index in [1.54, 1.807) is 31.8 Å². The number of fused-ring (bicyclic) bond motifs is 1. The highest BCUT2D eigenvalue weighted by atomic mass is 32.1. The second-order valence-electron chi connectivity index (χ2n) is 5.61. The van der Waals surface area contributed by atoms with Crippen molar-refractivity contribution < 1.29 is 9.47 Å². The molecule has 0 aliphatic carbocycles. The topological polar surface area (TPSA) is 56.3 Å².